The molecule has 0 saturated carbocycles. The van der Waals surface area contributed by atoms with Gasteiger partial charge in [-0.05, 0) is 12.1 Å². The van der Waals surface area contributed by atoms with Crippen molar-refractivity contribution in [1.82, 2.24) is 4.98 Å². The predicted molar refractivity (Wildman–Crippen MR) is 46.9 cm³/mol. The molecule has 68 valence electrons. The van der Waals surface area contributed by atoms with E-state index in [1.165, 1.54) is 13.3 Å². The zero-order valence-electron chi connectivity index (χ0n) is 7.10. The molecule has 0 aliphatic rings. The fraction of sp³-hybridized carbons (Fsp3) is 0.111. The Balaban J connectivity index is 2.85. The van der Waals surface area contributed by atoms with Crippen LogP contribution < -0.4 is 0 Å². The Hall–Kier alpha value is -1.84. The second-order valence-corrected chi connectivity index (χ2v) is 2.27. The number of aliphatic hydroxyl groups excluding tert-OH is 1. The third-order valence-electron chi connectivity index (χ3n) is 1.38. The number of hydrogen-bond donors (Lipinski definition) is 1. The molecule has 0 bridgehead atoms. The number of hydrogen-bond acceptors (Lipinski definition) is 4. The molecule has 1 aromatic heterocycles. The summed E-state index contributed by atoms with van der Waals surface area (Å²) in [6, 6.07) is 5.02. The topological polar surface area (TPSA) is 59.4 Å². The van der Waals surface area contributed by atoms with Crippen LogP contribution in [0.25, 0.3) is 5.76 Å². The first-order valence-electron chi connectivity index (χ1n) is 3.64. The van der Waals surface area contributed by atoms with Crippen LogP contribution in [0.4, 0.5) is 0 Å². The highest BCUT2D eigenvalue weighted by atomic mass is 16.5. The molecular formula is C9H9NO3. The largest absolute Gasteiger partial charge is 0.505 e. The average molecular weight is 179 g/mol. The van der Waals surface area contributed by atoms with Gasteiger partial charge in [-0.15, -0.1) is 0 Å². The minimum absolute atomic E-state index is 0.201. The summed E-state index contributed by atoms with van der Waals surface area (Å²) in [4.78, 5) is 14.5. The van der Waals surface area contributed by atoms with Crippen LogP contribution in [0.15, 0.2) is 30.5 Å². The molecule has 0 aromatic carbocycles. The minimum atomic E-state index is -0.608. The van der Waals surface area contributed by atoms with Gasteiger partial charge in [0.05, 0.1) is 13.2 Å². The lowest BCUT2D eigenvalue weighted by molar-refractivity contribution is -0.134. The first-order valence-corrected chi connectivity index (χ1v) is 3.64. The molecule has 1 aromatic rings. The number of carbonyl (C=O) groups is 1. The van der Waals surface area contributed by atoms with E-state index in [-0.39, 0.29) is 5.76 Å². The van der Waals surface area contributed by atoms with E-state index in [0.29, 0.717) is 5.69 Å². The normalized spacial score (nSPS) is 11.0. The number of methoxy groups -OCH3 is 1. The lowest BCUT2D eigenvalue weighted by Gasteiger charge is -1.97. The summed E-state index contributed by atoms with van der Waals surface area (Å²) in [5.74, 6) is -0.810. The predicted octanol–water partition coefficient (Wildman–Crippen LogP) is 1.15. The number of pyridine rings is 1. The maximum atomic E-state index is 10.7. The maximum absolute atomic E-state index is 10.7. The highest BCUT2D eigenvalue weighted by molar-refractivity contribution is 5.88. The summed E-state index contributed by atoms with van der Waals surface area (Å²) >= 11 is 0. The second kappa shape index (κ2) is 4.25. The number of esters is 1. The van der Waals surface area contributed by atoms with Crippen molar-refractivity contribution in [3.63, 3.8) is 0 Å². The Bertz CT molecular complexity index is 319. The molecule has 0 radical (unpaired) electrons. The molecule has 0 amide bonds. The quantitative estimate of drug-likeness (QED) is 0.420. The van der Waals surface area contributed by atoms with Crippen LogP contribution in [0, 0.1) is 0 Å². The molecule has 0 atom stereocenters. The zero-order chi connectivity index (χ0) is 9.68. The van der Waals surface area contributed by atoms with E-state index >= 15 is 0 Å². The third-order valence-corrected chi connectivity index (χ3v) is 1.38. The Morgan fingerprint density at radius 2 is 2.38 bits per heavy atom. The maximum Gasteiger partial charge on any atom is 0.334 e. The second-order valence-electron chi connectivity index (χ2n) is 2.27. The molecule has 4 heteroatoms. The van der Waals surface area contributed by atoms with E-state index in [0.717, 1.165) is 6.08 Å². The van der Waals surface area contributed by atoms with Crippen molar-refractivity contribution in [1.29, 1.82) is 0 Å². The van der Waals surface area contributed by atoms with Crippen LogP contribution in [-0.4, -0.2) is 23.2 Å². The summed E-state index contributed by atoms with van der Waals surface area (Å²) in [5, 5.41) is 9.32. The number of nitrogens with zero attached hydrogens (tertiary/aromatic N) is 1. The average Bonchev–Trinajstić information content (AvgIpc) is 2.19. The monoisotopic (exact) mass is 179 g/mol. The lowest BCUT2D eigenvalue weighted by Crippen LogP contribution is -1.97. The van der Waals surface area contributed by atoms with Gasteiger partial charge >= 0.3 is 5.97 Å². The highest BCUT2D eigenvalue weighted by Gasteiger charge is 2.02. The molecule has 0 spiro atoms. The van der Waals surface area contributed by atoms with E-state index < -0.39 is 5.97 Å². The number of aromatic nitrogens is 1. The van der Waals surface area contributed by atoms with Gasteiger partial charge in [-0.25, -0.2) is 4.79 Å². The number of ether oxygens (including phenoxy) is 1. The van der Waals surface area contributed by atoms with E-state index in [1.54, 1.807) is 18.2 Å². The van der Waals surface area contributed by atoms with Crippen molar-refractivity contribution in [2.75, 3.05) is 7.11 Å². The fourth-order valence-corrected chi connectivity index (χ4v) is 0.759. The number of aliphatic hydroxyl groups is 1. The minimum Gasteiger partial charge on any atom is -0.505 e. The van der Waals surface area contributed by atoms with Gasteiger partial charge in [-0.3, -0.25) is 4.98 Å². The fourth-order valence-electron chi connectivity index (χ4n) is 0.759. The molecule has 13 heavy (non-hydrogen) atoms. The summed E-state index contributed by atoms with van der Waals surface area (Å²) in [5.41, 5.74) is 0.341. The standard InChI is InChI=1S/C9H9NO3/c1-13-9(12)6-8(11)7-4-2-3-5-10-7/h2-6,11H,1H3/b8-6-. The Kier molecular flexibility index (Phi) is 3.03. The molecular weight excluding hydrogens is 170 g/mol. The van der Waals surface area contributed by atoms with Crippen molar-refractivity contribution in [3.8, 4) is 0 Å². The summed E-state index contributed by atoms with van der Waals surface area (Å²) in [7, 11) is 1.24. The van der Waals surface area contributed by atoms with Gasteiger partial charge < -0.3 is 9.84 Å². The summed E-state index contributed by atoms with van der Waals surface area (Å²) in [6.45, 7) is 0. The van der Waals surface area contributed by atoms with E-state index in [2.05, 4.69) is 9.72 Å². The zero-order valence-corrected chi connectivity index (χ0v) is 7.10. The molecule has 4 nitrogen and oxygen atoms in total. The first-order chi connectivity index (χ1) is 6.24. The van der Waals surface area contributed by atoms with Crippen molar-refractivity contribution >= 4 is 11.7 Å². The van der Waals surface area contributed by atoms with Crippen LogP contribution >= 0.6 is 0 Å². The molecule has 1 heterocycles. The first kappa shape index (κ1) is 9.25. The smallest absolute Gasteiger partial charge is 0.334 e. The van der Waals surface area contributed by atoms with Gasteiger partial charge in [-0.1, -0.05) is 6.07 Å². The summed E-state index contributed by atoms with van der Waals surface area (Å²) in [6.07, 6.45) is 2.50. The van der Waals surface area contributed by atoms with Crippen molar-refractivity contribution in [2.45, 2.75) is 0 Å². The third kappa shape index (κ3) is 2.59. The van der Waals surface area contributed by atoms with Crippen LogP contribution in [0.1, 0.15) is 5.69 Å². The Morgan fingerprint density at radius 1 is 1.62 bits per heavy atom. The number of carbonyl (C=O) groups excluding carboxylic acids is 1. The van der Waals surface area contributed by atoms with Crippen molar-refractivity contribution < 1.29 is 14.6 Å². The highest BCUT2D eigenvalue weighted by Crippen LogP contribution is 2.06. The molecule has 0 aliphatic heterocycles. The van der Waals surface area contributed by atoms with E-state index in [9.17, 15) is 9.90 Å². The van der Waals surface area contributed by atoms with Crippen LogP contribution in [0.2, 0.25) is 0 Å². The molecule has 1 N–H and O–H groups in total. The summed E-state index contributed by atoms with van der Waals surface area (Å²) < 4.78 is 4.34. The number of rotatable bonds is 2. The molecule has 1 rings (SSSR count). The van der Waals surface area contributed by atoms with Crippen molar-refractivity contribution in [3.05, 3.63) is 36.2 Å². The molecule has 0 aliphatic carbocycles. The lowest BCUT2D eigenvalue weighted by atomic mass is 10.3. The molecule has 0 fully saturated rings. The van der Waals surface area contributed by atoms with Crippen LogP contribution in [0.5, 0.6) is 0 Å². The van der Waals surface area contributed by atoms with E-state index in [1.807, 2.05) is 0 Å². The van der Waals surface area contributed by atoms with Crippen LogP contribution in [-0.2, 0) is 9.53 Å². The van der Waals surface area contributed by atoms with Gasteiger partial charge in [-0.2, -0.15) is 0 Å². The molecule has 0 saturated heterocycles. The van der Waals surface area contributed by atoms with Gasteiger partial charge in [0.2, 0.25) is 0 Å². The van der Waals surface area contributed by atoms with Gasteiger partial charge in [0.15, 0.2) is 0 Å². The van der Waals surface area contributed by atoms with Crippen LogP contribution in [0.3, 0.4) is 0 Å². The van der Waals surface area contributed by atoms with Gasteiger partial charge in [0, 0.05) is 6.20 Å². The van der Waals surface area contributed by atoms with Gasteiger partial charge in [0.1, 0.15) is 11.5 Å². The van der Waals surface area contributed by atoms with Crippen molar-refractivity contribution in [2.24, 2.45) is 0 Å². The Morgan fingerprint density at radius 3 is 2.92 bits per heavy atom. The Labute approximate surface area is 75.5 Å². The molecule has 0 unspecified atom stereocenters. The SMILES string of the molecule is COC(=O)/C=C(\O)c1ccccn1. The van der Waals surface area contributed by atoms with E-state index in [4.69, 9.17) is 0 Å². The van der Waals surface area contributed by atoms with Gasteiger partial charge in [0.25, 0.3) is 0 Å².